The van der Waals surface area contributed by atoms with Crippen LogP contribution in [-0.2, 0) is 11.0 Å². The molecule has 0 bridgehead atoms. The zero-order valence-corrected chi connectivity index (χ0v) is 44.1. The Morgan fingerprint density at radius 3 is 1.49 bits per heavy atom. The molecule has 0 spiro atoms. The van der Waals surface area contributed by atoms with Gasteiger partial charge in [-0.1, -0.05) is 204 Å². The lowest BCUT2D eigenvalue weighted by Gasteiger charge is -2.28. The van der Waals surface area contributed by atoms with Gasteiger partial charge in [0.2, 0.25) is 0 Å². The van der Waals surface area contributed by atoms with E-state index in [9.17, 15) is 5.11 Å². The molecule has 0 saturated heterocycles. The molecule has 0 radical (unpaired) electrons. The first kappa shape index (κ1) is 47.7. The Hall–Kier alpha value is -9.02. The molecule has 10 aromatic carbocycles. The van der Waals surface area contributed by atoms with Crippen LogP contribution in [0.1, 0.15) is 67.5 Å². The van der Waals surface area contributed by atoms with Gasteiger partial charge in [0.05, 0.1) is 0 Å². The second-order valence-electron chi connectivity index (χ2n) is 21.7. The number of benzene rings is 10. The number of anilines is 6. The molecule has 3 aliphatic rings. The maximum absolute atomic E-state index is 12.0. The molecule has 0 aromatic heterocycles. The largest absolute Gasteiger partial charge is 0.381 e. The average Bonchev–Trinajstić information content (AvgIpc) is 3.88. The maximum Gasteiger partial charge on any atom is 0.114 e. The van der Waals surface area contributed by atoms with E-state index in [2.05, 4.69) is 250 Å². The highest BCUT2D eigenvalue weighted by atomic mass is 16.3. The summed E-state index contributed by atoms with van der Waals surface area (Å²) in [7, 11) is 0. The fourth-order valence-electron chi connectivity index (χ4n) is 12.7. The Morgan fingerprint density at radius 2 is 0.974 bits per heavy atom. The molecule has 3 aliphatic carbocycles. The van der Waals surface area contributed by atoms with Crippen molar-refractivity contribution in [2.24, 2.45) is 5.92 Å². The minimum atomic E-state index is -1.10. The van der Waals surface area contributed by atoms with E-state index in [1.807, 2.05) is 37.3 Å². The second-order valence-corrected chi connectivity index (χ2v) is 21.7. The summed E-state index contributed by atoms with van der Waals surface area (Å²) in [6.07, 6.45) is 13.7. The van der Waals surface area contributed by atoms with Gasteiger partial charge in [-0.15, -0.1) is 0 Å². The molecular weight excluding hydrogens is 933 g/mol. The third-order valence-corrected chi connectivity index (χ3v) is 16.6. The van der Waals surface area contributed by atoms with E-state index in [4.69, 9.17) is 0 Å². The molecule has 0 fully saturated rings. The molecule has 3 nitrogen and oxygen atoms in total. The van der Waals surface area contributed by atoms with Crippen LogP contribution in [0.5, 0.6) is 0 Å². The van der Waals surface area contributed by atoms with Gasteiger partial charge in [-0.05, 0) is 186 Å². The quantitative estimate of drug-likeness (QED) is 0.131. The van der Waals surface area contributed by atoms with Crippen LogP contribution in [0.3, 0.4) is 0 Å². The van der Waals surface area contributed by atoms with Crippen molar-refractivity contribution in [2.45, 2.75) is 45.1 Å². The SMILES string of the molecule is C=C/C=C(\C=C)c1ccc(N(c2ccc(-c3ccc(N(c4ccc(C5=CCC(C)C=C5)cc4)c4ccc5c6c(ccc5c4)-c4ccccc4C6(C)C)cc3)cc2)c2ccc3c4c(ccc3c2)-c2ccccc2C4(C)O)cc1. The minimum Gasteiger partial charge on any atom is -0.381 e. The molecule has 1 N–H and O–H groups in total. The van der Waals surface area contributed by atoms with Gasteiger partial charge in [0.1, 0.15) is 5.60 Å². The van der Waals surface area contributed by atoms with Crippen molar-refractivity contribution in [3.63, 3.8) is 0 Å². The summed E-state index contributed by atoms with van der Waals surface area (Å²) >= 11 is 0. The molecule has 77 heavy (non-hydrogen) atoms. The van der Waals surface area contributed by atoms with Crippen molar-refractivity contribution >= 4 is 66.8 Å². The highest BCUT2D eigenvalue weighted by Crippen LogP contribution is 2.53. The summed E-state index contributed by atoms with van der Waals surface area (Å²) < 4.78 is 0. The van der Waals surface area contributed by atoms with Gasteiger partial charge in [-0.2, -0.15) is 0 Å². The lowest BCUT2D eigenvalue weighted by atomic mass is 9.80. The van der Waals surface area contributed by atoms with Crippen LogP contribution < -0.4 is 9.80 Å². The highest BCUT2D eigenvalue weighted by molar-refractivity contribution is 6.01. The number of rotatable bonds is 11. The first-order valence-corrected chi connectivity index (χ1v) is 26.9. The summed E-state index contributed by atoms with van der Waals surface area (Å²) in [4.78, 5) is 4.70. The first-order valence-electron chi connectivity index (χ1n) is 26.9. The fraction of sp³-hybridized carbons (Fsp3) is 0.108. The van der Waals surface area contributed by atoms with Crippen LogP contribution >= 0.6 is 0 Å². The van der Waals surface area contributed by atoms with Gasteiger partial charge >= 0.3 is 0 Å². The summed E-state index contributed by atoms with van der Waals surface area (Å²) in [5, 5.41) is 16.7. The van der Waals surface area contributed by atoms with E-state index < -0.39 is 5.60 Å². The van der Waals surface area contributed by atoms with Crippen molar-refractivity contribution in [1.82, 2.24) is 0 Å². The normalized spacial score (nSPS) is 16.8. The van der Waals surface area contributed by atoms with Crippen LogP contribution in [0.15, 0.2) is 256 Å². The standard InChI is InChI=1S/C74H60N2O/c1-7-13-49(8-2)50-22-32-57(33-23-50)75(62-41-45-64-56(47-62)31-43-68-66-15-10-12-17-70(66)74(6,77)72(64)68)59-36-26-53(27-37-59)54-28-38-60(39-29-54)76(58-34-24-52(25-35-58)51-20-18-48(3)19-21-51)61-40-44-63-55(46-61)30-42-67-65-14-9-11-16-69(65)73(4,5)71(63)67/h7-18,20-48,77H,1-2,19H2,3-6H3/b49-13+. The predicted octanol–water partition coefficient (Wildman–Crippen LogP) is 19.9. The summed E-state index contributed by atoms with van der Waals surface area (Å²) in [6.45, 7) is 16.9. The average molecular weight is 993 g/mol. The number of aliphatic hydroxyl groups is 1. The molecular formula is C74H60N2O. The Balaban J connectivity index is 0.858. The Kier molecular flexibility index (Phi) is 11.6. The predicted molar refractivity (Wildman–Crippen MR) is 327 cm³/mol. The monoisotopic (exact) mass is 992 g/mol. The van der Waals surface area contributed by atoms with Gasteiger partial charge < -0.3 is 14.9 Å². The summed E-state index contributed by atoms with van der Waals surface area (Å²) in [6, 6.07) is 75.3. The smallest absolute Gasteiger partial charge is 0.114 e. The van der Waals surface area contributed by atoms with Gasteiger partial charge in [0.15, 0.2) is 0 Å². The summed E-state index contributed by atoms with van der Waals surface area (Å²) in [5.74, 6) is 0.565. The van der Waals surface area contributed by atoms with Crippen LogP contribution in [-0.4, -0.2) is 5.11 Å². The third kappa shape index (κ3) is 8.00. The van der Waals surface area contributed by atoms with E-state index in [0.717, 1.165) is 95.8 Å². The van der Waals surface area contributed by atoms with Crippen LogP contribution in [0.25, 0.3) is 66.1 Å². The number of hydrogen-bond acceptors (Lipinski definition) is 3. The van der Waals surface area contributed by atoms with Gasteiger partial charge in [-0.25, -0.2) is 0 Å². The number of nitrogens with zero attached hydrogens (tertiary/aromatic N) is 2. The number of hydrogen-bond donors (Lipinski definition) is 1. The molecule has 0 saturated carbocycles. The molecule has 10 aromatic rings. The van der Waals surface area contributed by atoms with Crippen LogP contribution in [0, 0.1) is 5.92 Å². The Morgan fingerprint density at radius 1 is 0.506 bits per heavy atom. The van der Waals surface area contributed by atoms with Crippen molar-refractivity contribution in [3.05, 3.63) is 289 Å². The molecule has 3 heteroatoms. The van der Waals surface area contributed by atoms with E-state index in [0.29, 0.717) is 5.92 Å². The van der Waals surface area contributed by atoms with E-state index >= 15 is 0 Å². The van der Waals surface area contributed by atoms with Gasteiger partial charge in [0, 0.05) is 45.1 Å². The highest BCUT2D eigenvalue weighted by Gasteiger charge is 2.39. The Labute approximate surface area is 453 Å². The van der Waals surface area contributed by atoms with Crippen LogP contribution in [0.2, 0.25) is 0 Å². The molecule has 2 unspecified atom stereocenters. The van der Waals surface area contributed by atoms with Crippen molar-refractivity contribution < 1.29 is 5.11 Å². The molecule has 13 rings (SSSR count). The van der Waals surface area contributed by atoms with Crippen LogP contribution in [0.4, 0.5) is 34.1 Å². The van der Waals surface area contributed by atoms with E-state index in [1.165, 1.54) is 44.2 Å². The minimum absolute atomic E-state index is 0.103. The summed E-state index contributed by atoms with van der Waals surface area (Å²) in [5.41, 5.74) is 21.5. The van der Waals surface area contributed by atoms with Gasteiger partial charge in [-0.3, -0.25) is 0 Å². The topological polar surface area (TPSA) is 26.7 Å². The zero-order valence-electron chi connectivity index (χ0n) is 44.1. The lowest BCUT2D eigenvalue weighted by molar-refractivity contribution is 0.109. The molecule has 0 amide bonds. The second kappa shape index (κ2) is 18.7. The number of fused-ring (bicyclic) bond motifs is 10. The van der Waals surface area contributed by atoms with Gasteiger partial charge in [0.25, 0.3) is 0 Å². The molecule has 2 atom stereocenters. The zero-order chi connectivity index (χ0) is 52.6. The molecule has 0 heterocycles. The first-order chi connectivity index (χ1) is 37.5. The number of allylic oxidation sites excluding steroid dienone is 8. The van der Waals surface area contributed by atoms with Crippen molar-refractivity contribution in [1.29, 1.82) is 0 Å². The fourth-order valence-corrected chi connectivity index (χ4v) is 12.7. The van der Waals surface area contributed by atoms with Crippen molar-refractivity contribution in [2.75, 3.05) is 9.80 Å². The van der Waals surface area contributed by atoms with E-state index in [-0.39, 0.29) is 5.41 Å². The maximum atomic E-state index is 12.0. The molecule has 372 valence electrons. The third-order valence-electron chi connectivity index (χ3n) is 16.6. The lowest BCUT2D eigenvalue weighted by Crippen LogP contribution is -2.19. The Bertz CT molecular complexity index is 4090. The van der Waals surface area contributed by atoms with E-state index in [1.54, 1.807) is 6.08 Å². The van der Waals surface area contributed by atoms with Crippen molar-refractivity contribution in [3.8, 4) is 33.4 Å². The molecule has 0 aliphatic heterocycles.